The van der Waals surface area contributed by atoms with Gasteiger partial charge in [0.05, 0.1) is 12.5 Å². The molecule has 230 valence electrons. The number of aromatic nitrogens is 1. The fourth-order valence-electron chi connectivity index (χ4n) is 4.40. The van der Waals surface area contributed by atoms with Crippen LogP contribution in [0.1, 0.15) is 24.0 Å². The first-order valence-corrected chi connectivity index (χ1v) is 14.8. The van der Waals surface area contributed by atoms with Crippen LogP contribution in [-0.4, -0.2) is 86.1 Å². The number of phenols is 1. The highest BCUT2D eigenvalue weighted by Crippen LogP contribution is 2.20. The third-order valence-electron chi connectivity index (χ3n) is 6.70. The van der Waals surface area contributed by atoms with E-state index in [0.29, 0.717) is 16.9 Å². The molecule has 2 aromatic carbocycles. The predicted octanol–water partition coefficient (Wildman–Crippen LogP) is 0.753. The molecule has 1 aromatic heterocycles. The van der Waals surface area contributed by atoms with Crippen molar-refractivity contribution >= 4 is 52.3 Å². The summed E-state index contributed by atoms with van der Waals surface area (Å²) in [5.74, 6) is -4.45. The van der Waals surface area contributed by atoms with Gasteiger partial charge in [-0.25, -0.2) is 4.79 Å². The number of carboxylic acids is 2. The van der Waals surface area contributed by atoms with Gasteiger partial charge in [-0.2, -0.15) is 11.8 Å². The lowest BCUT2D eigenvalue weighted by Crippen LogP contribution is -2.58. The lowest BCUT2D eigenvalue weighted by atomic mass is 10.0. The molecule has 0 saturated heterocycles. The largest absolute Gasteiger partial charge is 0.508 e. The molecule has 14 heteroatoms. The number of H-pyrrole nitrogens is 1. The van der Waals surface area contributed by atoms with Crippen LogP contribution in [0.15, 0.2) is 54.7 Å². The van der Waals surface area contributed by atoms with Crippen LogP contribution in [0.4, 0.5) is 0 Å². The second-order valence-electron chi connectivity index (χ2n) is 9.94. The zero-order chi connectivity index (χ0) is 31.5. The Hall–Kier alpha value is -4.56. The standard InChI is InChI=1S/C29H35N5O8S/c1-43-11-10-22(29(41)42)32-28(40)24(13-17-15-31-21-5-3-2-4-19(17)21)34-27(39)23(12-16-6-8-18(35)9-7-16)33-26(38)20(30)14-25(36)37/h2-9,15,20,22-24,31,35H,10-14,30H2,1H3,(H,32,40)(H,33,38)(H,34,39)(H,36,37)(H,41,42). The van der Waals surface area contributed by atoms with Crippen molar-refractivity contribution in [3.05, 3.63) is 65.9 Å². The maximum Gasteiger partial charge on any atom is 0.326 e. The van der Waals surface area contributed by atoms with Crippen molar-refractivity contribution in [3.63, 3.8) is 0 Å². The number of carboxylic acid groups (broad SMARTS) is 2. The van der Waals surface area contributed by atoms with Gasteiger partial charge < -0.3 is 42.0 Å². The summed E-state index contributed by atoms with van der Waals surface area (Å²) in [5, 5.41) is 36.8. The van der Waals surface area contributed by atoms with Crippen molar-refractivity contribution in [2.45, 2.75) is 49.9 Å². The first-order valence-electron chi connectivity index (χ1n) is 13.4. The molecule has 9 N–H and O–H groups in total. The van der Waals surface area contributed by atoms with E-state index in [2.05, 4.69) is 20.9 Å². The number of carbonyl (C=O) groups is 5. The number of hydrogen-bond acceptors (Lipinski definition) is 8. The van der Waals surface area contributed by atoms with Gasteiger partial charge in [-0.05, 0) is 47.8 Å². The Kier molecular flexibility index (Phi) is 12.0. The number of thioether (sulfide) groups is 1. The first-order chi connectivity index (χ1) is 20.5. The van der Waals surface area contributed by atoms with Gasteiger partial charge in [0.1, 0.15) is 23.9 Å². The number of fused-ring (bicyclic) bond motifs is 1. The molecule has 0 aliphatic rings. The summed E-state index contributed by atoms with van der Waals surface area (Å²) in [6, 6.07) is 8.06. The minimum atomic E-state index is -1.44. The van der Waals surface area contributed by atoms with E-state index in [-0.39, 0.29) is 25.0 Å². The van der Waals surface area contributed by atoms with Crippen LogP contribution in [0.2, 0.25) is 0 Å². The number of para-hydroxylation sites is 1. The summed E-state index contributed by atoms with van der Waals surface area (Å²) in [7, 11) is 0. The van der Waals surface area contributed by atoms with Crippen molar-refractivity contribution < 1.29 is 39.3 Å². The summed E-state index contributed by atoms with van der Waals surface area (Å²) in [4.78, 5) is 65.9. The Labute approximate surface area is 251 Å². The van der Waals surface area contributed by atoms with Gasteiger partial charge in [0.2, 0.25) is 17.7 Å². The summed E-state index contributed by atoms with van der Waals surface area (Å²) in [6.45, 7) is 0. The number of hydrogen-bond donors (Lipinski definition) is 8. The average molecular weight is 614 g/mol. The summed E-state index contributed by atoms with van der Waals surface area (Å²) in [6.07, 6.45) is 2.92. The van der Waals surface area contributed by atoms with Crippen LogP contribution in [0.5, 0.6) is 5.75 Å². The van der Waals surface area contributed by atoms with Crippen molar-refractivity contribution in [1.82, 2.24) is 20.9 Å². The normalized spacial score (nSPS) is 13.8. The number of nitrogens with two attached hydrogens (primary N) is 1. The van der Waals surface area contributed by atoms with Crippen LogP contribution in [0.25, 0.3) is 10.9 Å². The predicted molar refractivity (Wildman–Crippen MR) is 160 cm³/mol. The number of carbonyl (C=O) groups excluding carboxylic acids is 3. The molecule has 0 saturated carbocycles. The van der Waals surface area contributed by atoms with Crippen molar-refractivity contribution in [1.29, 1.82) is 0 Å². The lowest BCUT2D eigenvalue weighted by Gasteiger charge is -2.25. The zero-order valence-corrected chi connectivity index (χ0v) is 24.2. The molecule has 0 fully saturated rings. The molecule has 1 heterocycles. The second kappa shape index (κ2) is 15.6. The Morgan fingerprint density at radius 3 is 2.09 bits per heavy atom. The van der Waals surface area contributed by atoms with E-state index in [1.54, 1.807) is 6.20 Å². The Bertz CT molecular complexity index is 1440. The molecule has 43 heavy (non-hydrogen) atoms. The quantitative estimate of drug-likeness (QED) is 0.113. The smallest absolute Gasteiger partial charge is 0.326 e. The maximum absolute atomic E-state index is 13.7. The zero-order valence-electron chi connectivity index (χ0n) is 23.4. The Balaban J connectivity index is 1.90. The summed E-state index contributed by atoms with van der Waals surface area (Å²) < 4.78 is 0. The highest BCUT2D eigenvalue weighted by molar-refractivity contribution is 7.98. The Morgan fingerprint density at radius 2 is 1.47 bits per heavy atom. The highest BCUT2D eigenvalue weighted by atomic mass is 32.2. The molecule has 0 spiro atoms. The molecular formula is C29H35N5O8S. The van der Waals surface area contributed by atoms with Gasteiger partial charge in [-0.3, -0.25) is 19.2 Å². The number of rotatable bonds is 16. The minimum absolute atomic E-state index is 0.00510. The molecule has 4 unspecified atom stereocenters. The molecule has 3 amide bonds. The molecule has 0 aliphatic carbocycles. The van der Waals surface area contributed by atoms with Crippen molar-refractivity contribution in [2.75, 3.05) is 12.0 Å². The van der Waals surface area contributed by atoms with E-state index >= 15 is 0 Å². The van der Waals surface area contributed by atoms with Crippen LogP contribution in [-0.2, 0) is 36.8 Å². The monoisotopic (exact) mass is 613 g/mol. The van der Waals surface area contributed by atoms with E-state index in [0.717, 1.165) is 10.9 Å². The van der Waals surface area contributed by atoms with Gasteiger partial charge in [-0.1, -0.05) is 30.3 Å². The molecular weight excluding hydrogens is 578 g/mol. The van der Waals surface area contributed by atoms with Crippen molar-refractivity contribution in [2.24, 2.45) is 5.73 Å². The molecule has 0 bridgehead atoms. The molecule has 0 radical (unpaired) electrons. The number of amides is 3. The number of aromatic hydroxyl groups is 1. The fourth-order valence-corrected chi connectivity index (χ4v) is 4.88. The van der Waals surface area contributed by atoms with E-state index in [4.69, 9.17) is 10.8 Å². The number of benzene rings is 2. The SMILES string of the molecule is CSCCC(NC(=O)C(Cc1c[nH]c2ccccc12)NC(=O)C(Cc1ccc(O)cc1)NC(=O)C(N)CC(=O)O)C(=O)O. The van der Waals surface area contributed by atoms with Gasteiger partial charge in [0.25, 0.3) is 0 Å². The van der Waals surface area contributed by atoms with Gasteiger partial charge in [0.15, 0.2) is 0 Å². The third-order valence-corrected chi connectivity index (χ3v) is 7.34. The van der Waals surface area contributed by atoms with E-state index in [1.165, 1.54) is 36.0 Å². The highest BCUT2D eigenvalue weighted by Gasteiger charge is 2.31. The van der Waals surface area contributed by atoms with Crippen LogP contribution in [0.3, 0.4) is 0 Å². The maximum atomic E-state index is 13.7. The number of aromatic amines is 1. The fraction of sp³-hybridized carbons (Fsp3) is 0.345. The van der Waals surface area contributed by atoms with Gasteiger partial charge >= 0.3 is 11.9 Å². The average Bonchev–Trinajstić information content (AvgIpc) is 3.37. The molecule has 13 nitrogen and oxygen atoms in total. The topological polar surface area (TPSA) is 224 Å². The molecule has 3 aromatic rings. The molecule has 0 aliphatic heterocycles. The van der Waals surface area contributed by atoms with Gasteiger partial charge in [-0.15, -0.1) is 0 Å². The van der Waals surface area contributed by atoms with E-state index < -0.39 is 60.2 Å². The van der Waals surface area contributed by atoms with Gasteiger partial charge in [0, 0.05) is 29.9 Å². The van der Waals surface area contributed by atoms with Crippen LogP contribution in [0, 0.1) is 0 Å². The summed E-state index contributed by atoms with van der Waals surface area (Å²) in [5.41, 5.74) is 7.75. The number of aliphatic carboxylic acids is 2. The summed E-state index contributed by atoms with van der Waals surface area (Å²) >= 11 is 1.42. The number of phenolic OH excluding ortho intramolecular Hbond substituents is 1. The van der Waals surface area contributed by atoms with Crippen LogP contribution >= 0.6 is 11.8 Å². The van der Waals surface area contributed by atoms with E-state index in [1.807, 2.05) is 30.5 Å². The number of nitrogens with one attached hydrogen (secondary N) is 4. The molecule has 4 atom stereocenters. The Morgan fingerprint density at radius 1 is 0.860 bits per heavy atom. The lowest BCUT2D eigenvalue weighted by molar-refractivity contribution is -0.142. The second-order valence-corrected chi connectivity index (χ2v) is 10.9. The third kappa shape index (κ3) is 9.75. The van der Waals surface area contributed by atoms with E-state index in [9.17, 15) is 34.2 Å². The van der Waals surface area contributed by atoms with Crippen molar-refractivity contribution in [3.8, 4) is 5.75 Å². The first kappa shape index (κ1) is 32.9. The van der Waals surface area contributed by atoms with Crippen LogP contribution < -0.4 is 21.7 Å². The minimum Gasteiger partial charge on any atom is -0.508 e. The molecule has 3 rings (SSSR count).